The molecule has 5 aliphatic rings. The highest BCUT2D eigenvalue weighted by molar-refractivity contribution is 7.92. The first-order valence-electron chi connectivity index (χ1n) is 13.6. The first-order valence-corrected chi connectivity index (χ1v) is 15.3. The molecule has 0 radical (unpaired) electrons. The molecule has 1 aliphatic heterocycles. The summed E-state index contributed by atoms with van der Waals surface area (Å²) < 4.78 is 26.6. The second-order valence-electron chi connectivity index (χ2n) is 12.6. The highest BCUT2D eigenvalue weighted by Crippen LogP contribution is 2.60. The lowest BCUT2D eigenvalue weighted by Crippen LogP contribution is -2.36. The van der Waals surface area contributed by atoms with Gasteiger partial charge < -0.3 is 5.11 Å². The standard InChI is InChI=1S/C29H44O3S/c1-18-14-20(3)24-17-33(31,32)28(23(24)15-18)16-22-6-5-13-29(4)25(10-11-26(22)29)19(2)7-12-27(30)21-8-9-21/h7,12,16,18-21,25-28,30H,5-6,8-11,13-15,17H2,1-4H3/b12-7+,22-16+/t18-,19+,20-,25-,26-,27-,28+,29+/m0/s1. The maximum atomic E-state index is 13.3. The molecule has 0 amide bonds. The fourth-order valence-corrected chi connectivity index (χ4v) is 10.4. The van der Waals surface area contributed by atoms with Crippen molar-refractivity contribution < 1.29 is 13.5 Å². The van der Waals surface area contributed by atoms with Crippen LogP contribution in [0.4, 0.5) is 0 Å². The Balaban J connectivity index is 1.39. The van der Waals surface area contributed by atoms with Crippen LogP contribution in [0.25, 0.3) is 0 Å². The number of hydrogen-bond donors (Lipinski definition) is 1. The maximum absolute atomic E-state index is 13.3. The summed E-state index contributed by atoms with van der Waals surface area (Å²) >= 11 is 0. The molecule has 0 aromatic carbocycles. The third kappa shape index (κ3) is 4.33. The highest BCUT2D eigenvalue weighted by atomic mass is 32.2. The first-order chi connectivity index (χ1) is 15.6. The Morgan fingerprint density at radius 2 is 1.85 bits per heavy atom. The molecule has 5 rings (SSSR count). The molecule has 1 heterocycles. The smallest absolute Gasteiger partial charge is 0.164 e. The molecule has 4 aliphatic carbocycles. The molecule has 184 valence electrons. The summed E-state index contributed by atoms with van der Waals surface area (Å²) in [6.45, 7) is 9.31. The molecular weight excluding hydrogens is 428 g/mol. The van der Waals surface area contributed by atoms with E-state index >= 15 is 0 Å². The molecule has 0 aromatic rings. The second kappa shape index (κ2) is 8.66. The zero-order valence-electron chi connectivity index (χ0n) is 21.1. The van der Waals surface area contributed by atoms with Gasteiger partial charge in [0.1, 0.15) is 5.25 Å². The number of allylic oxidation sites excluding steroid dienone is 2. The third-order valence-electron chi connectivity index (χ3n) is 10.2. The SMILES string of the molecule is C[C@@H]1CC2=C(CS(=O)(=O)[C@@H]2/C=C2\CCC[C@@]3(C)[C@H]2CC[C@H]3[C@H](C)/C=C/[C@H](O)C2CC2)[C@@H](C)C1. The van der Waals surface area contributed by atoms with Gasteiger partial charge in [0.2, 0.25) is 0 Å². The number of fused-ring (bicyclic) bond motifs is 1. The quantitative estimate of drug-likeness (QED) is 0.481. The molecule has 0 spiro atoms. The van der Waals surface area contributed by atoms with Crippen molar-refractivity contribution in [2.45, 2.75) is 96.8 Å². The van der Waals surface area contributed by atoms with Crippen LogP contribution in [0.3, 0.4) is 0 Å². The molecule has 0 unspecified atom stereocenters. The van der Waals surface area contributed by atoms with Crippen LogP contribution in [-0.2, 0) is 9.84 Å². The average Bonchev–Trinajstić information content (AvgIpc) is 3.48. The third-order valence-corrected chi connectivity index (χ3v) is 12.1. The van der Waals surface area contributed by atoms with Crippen molar-refractivity contribution in [2.75, 3.05) is 5.75 Å². The Kier molecular flexibility index (Phi) is 6.26. The molecule has 8 atom stereocenters. The number of hydrogen-bond acceptors (Lipinski definition) is 3. The molecule has 33 heavy (non-hydrogen) atoms. The van der Waals surface area contributed by atoms with Crippen molar-refractivity contribution in [3.8, 4) is 0 Å². The Morgan fingerprint density at radius 3 is 2.58 bits per heavy atom. The van der Waals surface area contributed by atoms with E-state index < -0.39 is 9.84 Å². The largest absolute Gasteiger partial charge is 0.389 e. The summed E-state index contributed by atoms with van der Waals surface area (Å²) in [6.07, 6.45) is 16.6. The Bertz CT molecular complexity index is 969. The molecule has 0 aromatic heterocycles. The van der Waals surface area contributed by atoms with Gasteiger partial charge in [-0.05, 0) is 104 Å². The molecule has 1 N–H and O–H groups in total. The Morgan fingerprint density at radius 1 is 1.09 bits per heavy atom. The first kappa shape index (κ1) is 23.9. The van der Waals surface area contributed by atoms with E-state index in [2.05, 4.69) is 45.9 Å². The van der Waals surface area contributed by atoms with E-state index in [0.29, 0.717) is 41.3 Å². The molecule has 3 fully saturated rings. The van der Waals surface area contributed by atoms with Crippen LogP contribution in [0.15, 0.2) is 34.9 Å². The second-order valence-corrected chi connectivity index (χ2v) is 14.8. The highest BCUT2D eigenvalue weighted by Gasteiger charge is 2.51. The normalized spacial score (nSPS) is 43.7. The minimum atomic E-state index is -3.11. The summed E-state index contributed by atoms with van der Waals surface area (Å²) in [5.74, 6) is 3.35. The van der Waals surface area contributed by atoms with E-state index in [9.17, 15) is 13.5 Å². The van der Waals surface area contributed by atoms with Crippen molar-refractivity contribution in [1.82, 2.24) is 0 Å². The van der Waals surface area contributed by atoms with Crippen LogP contribution in [0, 0.1) is 40.9 Å². The van der Waals surface area contributed by atoms with Gasteiger partial charge in [0.05, 0.1) is 11.9 Å². The lowest BCUT2D eigenvalue weighted by molar-refractivity contribution is 0.111. The van der Waals surface area contributed by atoms with Crippen molar-refractivity contribution in [2.24, 2.45) is 40.9 Å². The fraction of sp³-hybridized carbons (Fsp3) is 0.793. The van der Waals surface area contributed by atoms with Gasteiger partial charge in [-0.1, -0.05) is 57.1 Å². The molecular formula is C29H44O3S. The topological polar surface area (TPSA) is 54.4 Å². The number of aliphatic hydroxyl groups is 1. The van der Waals surface area contributed by atoms with Gasteiger partial charge in [0.15, 0.2) is 9.84 Å². The Labute approximate surface area is 201 Å². The summed E-state index contributed by atoms with van der Waals surface area (Å²) in [4.78, 5) is 0. The Hall–Kier alpha value is -0.870. The predicted octanol–water partition coefficient (Wildman–Crippen LogP) is 6.25. The monoisotopic (exact) mass is 472 g/mol. The summed E-state index contributed by atoms with van der Waals surface area (Å²) in [7, 11) is -3.11. The number of aliphatic hydroxyl groups excluding tert-OH is 1. The van der Waals surface area contributed by atoms with E-state index in [1.54, 1.807) is 0 Å². The van der Waals surface area contributed by atoms with E-state index in [0.717, 1.165) is 32.1 Å². The van der Waals surface area contributed by atoms with Crippen molar-refractivity contribution in [1.29, 1.82) is 0 Å². The molecule has 3 nitrogen and oxygen atoms in total. The summed E-state index contributed by atoms with van der Waals surface area (Å²) in [6, 6.07) is 0. The number of sulfone groups is 1. The van der Waals surface area contributed by atoms with Gasteiger partial charge in [0, 0.05) is 0 Å². The maximum Gasteiger partial charge on any atom is 0.164 e. The van der Waals surface area contributed by atoms with E-state index in [-0.39, 0.29) is 16.8 Å². The van der Waals surface area contributed by atoms with Crippen molar-refractivity contribution in [3.63, 3.8) is 0 Å². The summed E-state index contributed by atoms with van der Waals surface area (Å²) in [5, 5.41) is 9.94. The van der Waals surface area contributed by atoms with Gasteiger partial charge in [-0.25, -0.2) is 8.42 Å². The van der Waals surface area contributed by atoms with Gasteiger partial charge in [-0.15, -0.1) is 0 Å². The zero-order valence-corrected chi connectivity index (χ0v) is 21.9. The fourth-order valence-electron chi connectivity index (χ4n) is 8.27. The molecule has 3 saturated carbocycles. The zero-order chi connectivity index (χ0) is 23.5. The van der Waals surface area contributed by atoms with Crippen LogP contribution in [0.1, 0.15) is 85.5 Å². The molecule has 4 heteroatoms. The van der Waals surface area contributed by atoms with Gasteiger partial charge in [0.25, 0.3) is 0 Å². The molecule has 0 saturated heterocycles. The van der Waals surface area contributed by atoms with E-state index in [1.165, 1.54) is 42.4 Å². The molecule has 0 bridgehead atoms. The minimum Gasteiger partial charge on any atom is -0.389 e. The van der Waals surface area contributed by atoms with Crippen LogP contribution < -0.4 is 0 Å². The van der Waals surface area contributed by atoms with Crippen LogP contribution >= 0.6 is 0 Å². The van der Waals surface area contributed by atoms with E-state index in [1.807, 2.05) is 0 Å². The average molecular weight is 473 g/mol. The van der Waals surface area contributed by atoms with Gasteiger partial charge in [-0.2, -0.15) is 0 Å². The van der Waals surface area contributed by atoms with E-state index in [4.69, 9.17) is 0 Å². The van der Waals surface area contributed by atoms with Crippen molar-refractivity contribution >= 4 is 9.84 Å². The van der Waals surface area contributed by atoms with Gasteiger partial charge >= 0.3 is 0 Å². The lowest BCUT2D eigenvalue weighted by Gasteiger charge is -2.44. The summed E-state index contributed by atoms with van der Waals surface area (Å²) in [5.41, 5.74) is 4.17. The van der Waals surface area contributed by atoms with Gasteiger partial charge in [-0.3, -0.25) is 0 Å². The van der Waals surface area contributed by atoms with Crippen LogP contribution in [0.5, 0.6) is 0 Å². The van der Waals surface area contributed by atoms with Crippen LogP contribution in [0.2, 0.25) is 0 Å². The predicted molar refractivity (Wildman–Crippen MR) is 135 cm³/mol. The van der Waals surface area contributed by atoms with Crippen molar-refractivity contribution in [3.05, 3.63) is 34.9 Å². The minimum absolute atomic E-state index is 0.241. The van der Waals surface area contributed by atoms with Crippen LogP contribution in [-0.4, -0.2) is 30.6 Å². The number of rotatable bonds is 5. The lowest BCUT2D eigenvalue weighted by atomic mass is 9.61.